The van der Waals surface area contributed by atoms with Gasteiger partial charge in [-0.25, -0.2) is 4.57 Å². The Morgan fingerprint density at radius 3 is 2.03 bits per heavy atom. The molecule has 0 saturated carbocycles. The van der Waals surface area contributed by atoms with E-state index in [0.717, 1.165) is 22.3 Å². The minimum absolute atomic E-state index is 0.260. The Morgan fingerprint density at radius 1 is 0.970 bits per heavy atom. The molecule has 1 aromatic rings. The van der Waals surface area contributed by atoms with Crippen molar-refractivity contribution in [3.05, 3.63) is 64.0 Å². The Bertz CT molecular complexity index is 1010. The summed E-state index contributed by atoms with van der Waals surface area (Å²) in [6, 6.07) is 5.80. The Kier molecular flexibility index (Phi) is 8.19. The van der Waals surface area contributed by atoms with E-state index >= 15 is 0 Å². The zero-order chi connectivity index (χ0) is 25.4. The average molecular weight is 475 g/mol. The Hall–Kier alpha value is -1.77. The second-order valence-electron chi connectivity index (χ2n) is 11.7. The molecule has 5 heteroatoms. The van der Waals surface area contributed by atoms with Gasteiger partial charge in [0.25, 0.3) is 0 Å². The molecule has 0 bridgehead atoms. The molecule has 4 nitrogen and oxygen atoms in total. The lowest BCUT2D eigenvalue weighted by atomic mass is 9.77. The van der Waals surface area contributed by atoms with Crippen LogP contribution in [0.3, 0.4) is 0 Å². The summed E-state index contributed by atoms with van der Waals surface area (Å²) in [4.78, 5) is 10.9. The van der Waals surface area contributed by atoms with E-state index < -0.39 is 7.82 Å². The van der Waals surface area contributed by atoms with Crippen LogP contribution in [0.2, 0.25) is 0 Å². The van der Waals surface area contributed by atoms with E-state index in [0.29, 0.717) is 29.8 Å². The van der Waals surface area contributed by atoms with Gasteiger partial charge in [-0.2, -0.15) is 0 Å². The minimum atomic E-state index is -4.45. The van der Waals surface area contributed by atoms with Crippen molar-refractivity contribution in [2.75, 3.05) is 0 Å². The largest absolute Gasteiger partial charge is 0.584 e. The highest BCUT2D eigenvalue weighted by molar-refractivity contribution is 7.48. The molecule has 1 unspecified atom stereocenters. The van der Waals surface area contributed by atoms with Crippen molar-refractivity contribution in [2.45, 2.75) is 93.9 Å². The van der Waals surface area contributed by atoms with Gasteiger partial charge in [0.15, 0.2) is 0 Å². The van der Waals surface area contributed by atoms with Crippen LogP contribution < -0.4 is 4.52 Å². The van der Waals surface area contributed by atoms with Crippen molar-refractivity contribution >= 4 is 7.82 Å². The topological polar surface area (TPSA) is 55.8 Å². The molecule has 2 rings (SSSR count). The summed E-state index contributed by atoms with van der Waals surface area (Å²) in [5.41, 5.74) is 4.63. The fourth-order valence-electron chi connectivity index (χ4n) is 3.87. The highest BCUT2D eigenvalue weighted by atomic mass is 31.2. The third-order valence-corrected chi connectivity index (χ3v) is 6.90. The second kappa shape index (κ2) is 9.84. The molecular formula is C28H43O4P. The molecule has 0 saturated heterocycles. The summed E-state index contributed by atoms with van der Waals surface area (Å²) >= 11 is 0. The van der Waals surface area contributed by atoms with Crippen LogP contribution in [0, 0.1) is 11.3 Å². The van der Waals surface area contributed by atoms with Gasteiger partial charge in [0, 0.05) is 11.1 Å². The van der Waals surface area contributed by atoms with Crippen LogP contribution in [0.15, 0.2) is 52.8 Å². The molecule has 184 valence electrons. The second-order valence-corrected chi connectivity index (χ2v) is 13.0. The predicted molar refractivity (Wildman–Crippen MR) is 139 cm³/mol. The van der Waals surface area contributed by atoms with E-state index in [1.54, 1.807) is 6.07 Å². The molecule has 0 amide bonds. The number of hydrogen-bond acceptors (Lipinski definition) is 3. The number of phosphoric ester groups is 1. The molecule has 1 atom stereocenters. The van der Waals surface area contributed by atoms with Crippen molar-refractivity contribution in [1.29, 1.82) is 0 Å². The van der Waals surface area contributed by atoms with Gasteiger partial charge in [0.2, 0.25) is 0 Å². The van der Waals surface area contributed by atoms with Gasteiger partial charge < -0.3 is 9.05 Å². The van der Waals surface area contributed by atoms with E-state index in [9.17, 15) is 9.46 Å². The Balaban J connectivity index is 2.54. The van der Waals surface area contributed by atoms with Crippen molar-refractivity contribution in [1.82, 2.24) is 0 Å². The molecule has 0 fully saturated rings. The van der Waals surface area contributed by atoms with Gasteiger partial charge in [0.05, 0.1) is 0 Å². The quantitative estimate of drug-likeness (QED) is 0.418. The van der Waals surface area contributed by atoms with Gasteiger partial charge in [-0.05, 0) is 53.2 Å². The summed E-state index contributed by atoms with van der Waals surface area (Å²) in [5, 5.41) is 0. The van der Waals surface area contributed by atoms with Gasteiger partial charge in [-0.1, -0.05) is 99.1 Å². The maximum absolute atomic E-state index is 13.3. The zero-order valence-corrected chi connectivity index (χ0v) is 23.3. The van der Waals surface area contributed by atoms with E-state index in [1.165, 1.54) is 5.57 Å². The monoisotopic (exact) mass is 474 g/mol. The van der Waals surface area contributed by atoms with Gasteiger partial charge in [0.1, 0.15) is 11.5 Å². The fraction of sp³-hybridized carbons (Fsp3) is 0.571. The highest BCUT2D eigenvalue weighted by Gasteiger charge is 2.35. The number of rotatable bonds is 6. The number of benzene rings is 1. The molecule has 0 radical (unpaired) electrons. The SMILES string of the molecule is CC=C1CC(C(C)C)=CC(C(C)(C)C)=C1OP(=O)(O)Oc1ccc(C(C)C)cc1C(C)(C)C. The molecular weight excluding hydrogens is 431 g/mol. The van der Waals surface area contributed by atoms with Gasteiger partial charge >= 0.3 is 7.82 Å². The normalized spacial score (nSPS) is 18.6. The van der Waals surface area contributed by atoms with E-state index in [4.69, 9.17) is 9.05 Å². The fourth-order valence-corrected chi connectivity index (χ4v) is 4.77. The molecule has 0 aliphatic heterocycles. The van der Waals surface area contributed by atoms with Crippen molar-refractivity contribution < 1.29 is 18.5 Å². The van der Waals surface area contributed by atoms with Crippen LogP contribution in [0.1, 0.15) is 99.6 Å². The summed E-state index contributed by atoms with van der Waals surface area (Å²) in [5.74, 6) is 1.56. The first-order valence-electron chi connectivity index (χ1n) is 11.9. The molecule has 0 heterocycles. The molecule has 1 aliphatic rings. The van der Waals surface area contributed by atoms with Crippen LogP contribution >= 0.6 is 7.82 Å². The number of hydrogen-bond donors (Lipinski definition) is 1. The molecule has 1 N–H and O–H groups in total. The molecule has 0 aromatic heterocycles. The van der Waals surface area contributed by atoms with Crippen LogP contribution in [0.5, 0.6) is 5.75 Å². The van der Waals surface area contributed by atoms with E-state index in [1.807, 2.05) is 19.1 Å². The predicted octanol–water partition coefficient (Wildman–Crippen LogP) is 8.84. The standard InChI is InChI=1S/C28H43O4P/c1-12-20-15-22(19(4)5)17-24(28(9,10)11)26(20)32-33(29,30)31-25-14-13-21(18(2)3)16-23(25)27(6,7)8/h12-14,16-19H,15H2,1-11H3,(H,29,30). The third-order valence-electron chi connectivity index (χ3n) is 6.06. The maximum Gasteiger partial charge on any atom is 0.584 e. The molecule has 33 heavy (non-hydrogen) atoms. The first-order valence-corrected chi connectivity index (χ1v) is 13.4. The maximum atomic E-state index is 13.3. The number of phosphoric acid groups is 1. The molecule has 1 aliphatic carbocycles. The third kappa shape index (κ3) is 6.87. The van der Waals surface area contributed by atoms with Gasteiger partial charge in [-0.3, -0.25) is 4.89 Å². The van der Waals surface area contributed by atoms with Crippen molar-refractivity contribution in [3.8, 4) is 5.75 Å². The first kappa shape index (κ1) is 27.5. The van der Waals surface area contributed by atoms with Crippen LogP contribution in [0.4, 0.5) is 0 Å². The van der Waals surface area contributed by atoms with Crippen LogP contribution in [-0.2, 0) is 14.5 Å². The number of allylic oxidation sites excluding steroid dienone is 5. The van der Waals surface area contributed by atoms with Crippen LogP contribution in [0.25, 0.3) is 0 Å². The summed E-state index contributed by atoms with van der Waals surface area (Å²) in [6.45, 7) is 23.0. The Morgan fingerprint density at radius 2 is 1.58 bits per heavy atom. The molecule has 0 spiro atoms. The Labute approximate surface area is 201 Å². The lowest BCUT2D eigenvalue weighted by molar-refractivity contribution is 0.245. The lowest BCUT2D eigenvalue weighted by Gasteiger charge is -2.32. The van der Waals surface area contributed by atoms with Gasteiger partial charge in [-0.15, -0.1) is 0 Å². The minimum Gasteiger partial charge on any atom is -0.395 e. The zero-order valence-electron chi connectivity index (χ0n) is 22.4. The summed E-state index contributed by atoms with van der Waals surface area (Å²) < 4.78 is 24.9. The van der Waals surface area contributed by atoms with Crippen molar-refractivity contribution in [3.63, 3.8) is 0 Å². The highest BCUT2D eigenvalue weighted by Crippen LogP contribution is 2.53. The van der Waals surface area contributed by atoms with E-state index in [-0.39, 0.29) is 10.8 Å². The first-order chi connectivity index (χ1) is 15.0. The molecule has 1 aromatic carbocycles. The smallest absolute Gasteiger partial charge is 0.395 e. The summed E-state index contributed by atoms with van der Waals surface area (Å²) in [6.07, 6.45) is 4.79. The lowest BCUT2D eigenvalue weighted by Crippen LogP contribution is -2.19. The van der Waals surface area contributed by atoms with E-state index in [2.05, 4.69) is 81.4 Å². The van der Waals surface area contributed by atoms with Crippen LogP contribution in [-0.4, -0.2) is 4.89 Å². The van der Waals surface area contributed by atoms with Crippen molar-refractivity contribution in [2.24, 2.45) is 11.3 Å². The average Bonchev–Trinajstić information content (AvgIpc) is 2.65. The summed E-state index contributed by atoms with van der Waals surface area (Å²) in [7, 11) is -4.45.